The van der Waals surface area contributed by atoms with Crippen molar-refractivity contribution in [2.75, 3.05) is 0 Å². The lowest BCUT2D eigenvalue weighted by Gasteiger charge is -1.99. The van der Waals surface area contributed by atoms with Crippen molar-refractivity contribution >= 4 is 5.97 Å². The van der Waals surface area contributed by atoms with Crippen LogP contribution >= 0.6 is 0 Å². The molecule has 0 aliphatic heterocycles. The first-order valence-corrected chi connectivity index (χ1v) is 4.47. The lowest BCUT2D eigenvalue weighted by molar-refractivity contribution is 0.0692. The van der Waals surface area contributed by atoms with Gasteiger partial charge in [-0.1, -0.05) is 11.3 Å². The molecule has 1 N–H and O–H groups in total. The highest BCUT2D eigenvalue weighted by Crippen LogP contribution is 2.19. The van der Waals surface area contributed by atoms with Gasteiger partial charge in [-0.2, -0.15) is 0 Å². The Morgan fingerprint density at radius 3 is 2.75 bits per heavy atom. The van der Waals surface area contributed by atoms with Gasteiger partial charge in [0.05, 0.1) is 11.8 Å². The molecule has 0 saturated carbocycles. The molecule has 2 rings (SSSR count). The molecule has 0 fully saturated rings. The maximum Gasteiger partial charge on any atom is 0.338 e. The summed E-state index contributed by atoms with van der Waals surface area (Å²) in [6, 6.07) is 3.84. The summed E-state index contributed by atoms with van der Waals surface area (Å²) >= 11 is 0. The fourth-order valence-corrected chi connectivity index (χ4v) is 1.33. The number of aromatic carboxylic acids is 1. The molecule has 0 spiro atoms. The fraction of sp³-hybridized carbons (Fsp3) is 0.100. The third kappa shape index (κ3) is 1.77. The van der Waals surface area contributed by atoms with Crippen molar-refractivity contribution in [3.05, 3.63) is 35.8 Å². The first kappa shape index (κ1) is 10.3. The number of hydrogen-bond donors (Lipinski definition) is 1. The van der Waals surface area contributed by atoms with Gasteiger partial charge in [0.1, 0.15) is 11.5 Å². The fourth-order valence-electron chi connectivity index (χ4n) is 1.33. The van der Waals surface area contributed by atoms with E-state index >= 15 is 0 Å². The number of carbonyl (C=O) groups is 1. The molecule has 82 valence electrons. The molecule has 0 unspecified atom stereocenters. The second kappa shape index (κ2) is 3.73. The van der Waals surface area contributed by atoms with Gasteiger partial charge in [-0.05, 0) is 12.1 Å². The third-order valence-electron chi connectivity index (χ3n) is 2.10. The highest BCUT2D eigenvalue weighted by atomic mass is 19.1. The van der Waals surface area contributed by atoms with Crippen LogP contribution in [-0.4, -0.2) is 26.1 Å². The van der Waals surface area contributed by atoms with Crippen LogP contribution in [0, 0.1) is 5.82 Å². The molecule has 1 aromatic carbocycles. The standard InChI is InChI=1S/C10H8FN3O2/c1-14-5-9(12-13-14)6-2-3-7(10(15)16)8(11)4-6/h2-5H,1H3,(H,15,16). The number of benzene rings is 1. The Bertz CT molecular complexity index is 551. The van der Waals surface area contributed by atoms with Gasteiger partial charge in [0, 0.05) is 12.6 Å². The number of carboxylic acids is 1. The normalized spacial score (nSPS) is 10.4. The Morgan fingerprint density at radius 1 is 1.50 bits per heavy atom. The summed E-state index contributed by atoms with van der Waals surface area (Å²) in [6.07, 6.45) is 1.62. The summed E-state index contributed by atoms with van der Waals surface area (Å²) in [4.78, 5) is 10.6. The Balaban J connectivity index is 2.45. The van der Waals surface area contributed by atoms with Crippen LogP contribution in [0.25, 0.3) is 11.3 Å². The summed E-state index contributed by atoms with van der Waals surface area (Å²) in [5.74, 6) is -2.07. The molecule has 0 bridgehead atoms. The van der Waals surface area contributed by atoms with Gasteiger partial charge in [-0.25, -0.2) is 9.18 Å². The number of carboxylic acid groups (broad SMARTS) is 1. The summed E-state index contributed by atoms with van der Waals surface area (Å²) in [5.41, 5.74) is 0.640. The van der Waals surface area contributed by atoms with Crippen LogP contribution in [0.4, 0.5) is 4.39 Å². The maximum absolute atomic E-state index is 13.4. The molecule has 1 heterocycles. The van der Waals surface area contributed by atoms with E-state index in [0.717, 1.165) is 6.07 Å². The smallest absolute Gasteiger partial charge is 0.338 e. The van der Waals surface area contributed by atoms with Crippen LogP contribution in [0.5, 0.6) is 0 Å². The number of aromatic nitrogens is 3. The van der Waals surface area contributed by atoms with E-state index in [1.807, 2.05) is 0 Å². The minimum absolute atomic E-state index is 0.354. The Labute approximate surface area is 90.1 Å². The molecule has 0 aliphatic carbocycles. The van der Waals surface area contributed by atoms with Gasteiger partial charge in [-0.15, -0.1) is 5.10 Å². The Kier molecular flexibility index (Phi) is 2.40. The zero-order valence-electron chi connectivity index (χ0n) is 8.38. The topological polar surface area (TPSA) is 68.0 Å². The molecule has 6 heteroatoms. The minimum Gasteiger partial charge on any atom is -0.478 e. The summed E-state index contributed by atoms with van der Waals surface area (Å²) in [5, 5.41) is 16.2. The van der Waals surface area contributed by atoms with Crippen LogP contribution in [0.15, 0.2) is 24.4 Å². The van der Waals surface area contributed by atoms with Crippen LogP contribution in [0.3, 0.4) is 0 Å². The number of rotatable bonds is 2. The van der Waals surface area contributed by atoms with Gasteiger partial charge in [0.15, 0.2) is 0 Å². The molecule has 16 heavy (non-hydrogen) atoms. The van der Waals surface area contributed by atoms with Crippen LogP contribution in [0.2, 0.25) is 0 Å². The van der Waals surface area contributed by atoms with E-state index in [4.69, 9.17) is 5.11 Å². The van der Waals surface area contributed by atoms with Crippen molar-refractivity contribution in [3.8, 4) is 11.3 Å². The molecular weight excluding hydrogens is 213 g/mol. The first-order chi connectivity index (χ1) is 7.58. The van der Waals surface area contributed by atoms with E-state index < -0.39 is 11.8 Å². The number of hydrogen-bond acceptors (Lipinski definition) is 3. The molecule has 0 aliphatic rings. The summed E-state index contributed by atoms with van der Waals surface area (Å²) in [7, 11) is 1.69. The van der Waals surface area contributed by atoms with E-state index in [9.17, 15) is 9.18 Å². The monoisotopic (exact) mass is 221 g/mol. The molecule has 1 aromatic heterocycles. The van der Waals surface area contributed by atoms with Crippen molar-refractivity contribution in [2.24, 2.45) is 7.05 Å². The van der Waals surface area contributed by atoms with Crippen molar-refractivity contribution in [2.45, 2.75) is 0 Å². The van der Waals surface area contributed by atoms with Crippen LogP contribution < -0.4 is 0 Å². The Morgan fingerprint density at radius 2 is 2.25 bits per heavy atom. The highest BCUT2D eigenvalue weighted by molar-refractivity contribution is 5.88. The molecule has 0 radical (unpaired) electrons. The lowest BCUT2D eigenvalue weighted by atomic mass is 10.1. The molecule has 2 aromatic rings. The molecule has 5 nitrogen and oxygen atoms in total. The first-order valence-electron chi connectivity index (χ1n) is 4.47. The van der Waals surface area contributed by atoms with E-state index in [0.29, 0.717) is 11.3 Å². The third-order valence-corrected chi connectivity index (χ3v) is 2.10. The van der Waals surface area contributed by atoms with E-state index in [1.54, 1.807) is 13.2 Å². The Hall–Kier alpha value is -2.24. The van der Waals surface area contributed by atoms with Crippen molar-refractivity contribution in [1.29, 1.82) is 0 Å². The lowest BCUT2D eigenvalue weighted by Crippen LogP contribution is -2.00. The number of aryl methyl sites for hydroxylation is 1. The minimum atomic E-state index is -1.29. The number of nitrogens with zero attached hydrogens (tertiary/aromatic N) is 3. The van der Waals surface area contributed by atoms with Crippen molar-refractivity contribution < 1.29 is 14.3 Å². The average molecular weight is 221 g/mol. The number of halogens is 1. The van der Waals surface area contributed by atoms with Crippen LogP contribution in [0.1, 0.15) is 10.4 Å². The zero-order chi connectivity index (χ0) is 11.7. The predicted molar refractivity (Wildman–Crippen MR) is 53.4 cm³/mol. The van der Waals surface area contributed by atoms with Gasteiger partial charge >= 0.3 is 5.97 Å². The largest absolute Gasteiger partial charge is 0.478 e. The molecular formula is C10H8FN3O2. The average Bonchev–Trinajstić information content (AvgIpc) is 2.64. The maximum atomic E-state index is 13.4. The van der Waals surface area contributed by atoms with Gasteiger partial charge in [0.25, 0.3) is 0 Å². The molecule has 0 amide bonds. The second-order valence-corrected chi connectivity index (χ2v) is 3.28. The molecule has 0 atom stereocenters. The van der Waals surface area contributed by atoms with E-state index in [1.165, 1.54) is 16.8 Å². The van der Waals surface area contributed by atoms with Gasteiger partial charge < -0.3 is 5.11 Å². The molecule has 0 saturated heterocycles. The summed E-state index contributed by atoms with van der Waals surface area (Å²) < 4.78 is 14.8. The highest BCUT2D eigenvalue weighted by Gasteiger charge is 2.12. The van der Waals surface area contributed by atoms with Gasteiger partial charge in [0.2, 0.25) is 0 Å². The van der Waals surface area contributed by atoms with E-state index in [-0.39, 0.29) is 5.56 Å². The van der Waals surface area contributed by atoms with Crippen molar-refractivity contribution in [3.63, 3.8) is 0 Å². The van der Waals surface area contributed by atoms with Gasteiger partial charge in [-0.3, -0.25) is 4.68 Å². The zero-order valence-corrected chi connectivity index (χ0v) is 8.38. The summed E-state index contributed by atoms with van der Waals surface area (Å²) in [6.45, 7) is 0. The second-order valence-electron chi connectivity index (χ2n) is 3.28. The SMILES string of the molecule is Cn1cc(-c2ccc(C(=O)O)c(F)c2)nn1. The predicted octanol–water partition coefficient (Wildman–Crippen LogP) is 1.32. The van der Waals surface area contributed by atoms with Crippen LogP contribution in [-0.2, 0) is 7.05 Å². The van der Waals surface area contributed by atoms with Crippen molar-refractivity contribution in [1.82, 2.24) is 15.0 Å². The van der Waals surface area contributed by atoms with E-state index in [2.05, 4.69) is 10.3 Å². The quantitative estimate of drug-likeness (QED) is 0.830.